The van der Waals surface area contributed by atoms with E-state index in [2.05, 4.69) is 20.4 Å². The van der Waals surface area contributed by atoms with E-state index in [1.54, 1.807) is 17.7 Å². The van der Waals surface area contributed by atoms with E-state index in [-0.39, 0.29) is 0 Å². The van der Waals surface area contributed by atoms with Crippen molar-refractivity contribution in [3.63, 3.8) is 0 Å². The van der Waals surface area contributed by atoms with E-state index >= 15 is 0 Å². The van der Waals surface area contributed by atoms with Crippen molar-refractivity contribution < 1.29 is 4.74 Å². The van der Waals surface area contributed by atoms with Gasteiger partial charge in [-0.05, 0) is 30.7 Å². The largest absolute Gasteiger partial charge is 0.496 e. The molecule has 7 heteroatoms. The fourth-order valence-corrected chi connectivity index (χ4v) is 2.16. The average Bonchev–Trinajstić information content (AvgIpc) is 2.87. The summed E-state index contributed by atoms with van der Waals surface area (Å²) in [5, 5.41) is 7.72. The normalized spacial score (nSPS) is 10.8. The molecule has 0 amide bonds. The van der Waals surface area contributed by atoms with Gasteiger partial charge in [0.1, 0.15) is 23.0 Å². The number of fused-ring (bicyclic) bond motifs is 1. The molecule has 20 heavy (non-hydrogen) atoms. The number of nitrogens with one attached hydrogen (secondary N) is 1. The van der Waals surface area contributed by atoms with Crippen LogP contribution in [-0.2, 0) is 0 Å². The Labute approximate surface area is 120 Å². The van der Waals surface area contributed by atoms with Crippen LogP contribution in [0, 0.1) is 6.92 Å². The van der Waals surface area contributed by atoms with Crippen LogP contribution in [0.3, 0.4) is 0 Å². The van der Waals surface area contributed by atoms with Gasteiger partial charge in [0.05, 0.1) is 7.11 Å². The molecule has 0 saturated carbocycles. The van der Waals surface area contributed by atoms with Crippen molar-refractivity contribution in [2.24, 2.45) is 0 Å². The SMILES string of the molecule is COc1ccc(Nc2cc(Cl)nc3ncnn23)cc1C. The third-order valence-electron chi connectivity index (χ3n) is 2.89. The fourth-order valence-electron chi connectivity index (χ4n) is 1.98. The number of hydrogen-bond donors (Lipinski definition) is 1. The van der Waals surface area contributed by atoms with Crippen LogP contribution in [0.25, 0.3) is 5.78 Å². The van der Waals surface area contributed by atoms with E-state index in [4.69, 9.17) is 16.3 Å². The molecule has 0 radical (unpaired) electrons. The minimum atomic E-state index is 0.359. The predicted molar refractivity (Wildman–Crippen MR) is 76.8 cm³/mol. The molecular formula is C13H12ClN5O. The summed E-state index contributed by atoms with van der Waals surface area (Å²) in [7, 11) is 1.65. The van der Waals surface area contributed by atoms with E-state index in [9.17, 15) is 0 Å². The highest BCUT2D eigenvalue weighted by molar-refractivity contribution is 6.29. The maximum Gasteiger partial charge on any atom is 0.255 e. The highest BCUT2D eigenvalue weighted by Gasteiger charge is 2.07. The number of nitrogens with zero attached hydrogens (tertiary/aromatic N) is 4. The fraction of sp³-hybridized carbons (Fsp3) is 0.154. The van der Waals surface area contributed by atoms with Crippen molar-refractivity contribution in [1.29, 1.82) is 0 Å². The van der Waals surface area contributed by atoms with Gasteiger partial charge in [0.15, 0.2) is 0 Å². The molecule has 3 rings (SSSR count). The lowest BCUT2D eigenvalue weighted by molar-refractivity contribution is 0.412. The highest BCUT2D eigenvalue weighted by atomic mass is 35.5. The zero-order valence-electron chi connectivity index (χ0n) is 11.0. The van der Waals surface area contributed by atoms with Crippen LogP contribution in [0.15, 0.2) is 30.6 Å². The van der Waals surface area contributed by atoms with Gasteiger partial charge in [-0.15, -0.1) is 0 Å². The molecule has 0 spiro atoms. The molecule has 102 valence electrons. The van der Waals surface area contributed by atoms with Crippen LogP contribution in [0.1, 0.15) is 5.56 Å². The number of ether oxygens (including phenoxy) is 1. The number of aromatic nitrogens is 4. The van der Waals surface area contributed by atoms with Crippen molar-refractivity contribution in [3.8, 4) is 5.75 Å². The average molecular weight is 290 g/mol. The molecule has 0 atom stereocenters. The molecule has 0 aliphatic carbocycles. The van der Waals surface area contributed by atoms with E-state index in [1.807, 2.05) is 25.1 Å². The lowest BCUT2D eigenvalue weighted by Crippen LogP contribution is -2.02. The topological polar surface area (TPSA) is 64.3 Å². The highest BCUT2D eigenvalue weighted by Crippen LogP contribution is 2.25. The van der Waals surface area contributed by atoms with Gasteiger partial charge in [0.2, 0.25) is 0 Å². The number of methoxy groups -OCH3 is 1. The summed E-state index contributed by atoms with van der Waals surface area (Å²) < 4.78 is 6.83. The molecular weight excluding hydrogens is 278 g/mol. The molecule has 0 aliphatic rings. The first-order chi connectivity index (χ1) is 9.67. The molecule has 2 heterocycles. The van der Waals surface area contributed by atoms with Crippen molar-refractivity contribution in [2.75, 3.05) is 12.4 Å². The standard InChI is InChI=1S/C13H12ClN5O/c1-8-5-9(3-4-10(8)20-2)17-12-6-11(14)18-13-15-7-16-19(12)13/h3-7,17H,1-2H3. The minimum absolute atomic E-state index is 0.359. The first kappa shape index (κ1) is 12.7. The first-order valence-electron chi connectivity index (χ1n) is 5.95. The maximum atomic E-state index is 5.97. The number of anilines is 2. The van der Waals surface area contributed by atoms with Crippen molar-refractivity contribution in [2.45, 2.75) is 6.92 Å². The summed E-state index contributed by atoms with van der Waals surface area (Å²) in [5.41, 5.74) is 1.94. The van der Waals surface area contributed by atoms with Gasteiger partial charge >= 0.3 is 0 Å². The van der Waals surface area contributed by atoms with Crippen molar-refractivity contribution >= 4 is 28.9 Å². The van der Waals surface area contributed by atoms with E-state index in [1.165, 1.54) is 6.33 Å². The van der Waals surface area contributed by atoms with Crippen LogP contribution in [0.5, 0.6) is 5.75 Å². The smallest absolute Gasteiger partial charge is 0.255 e. The molecule has 1 aromatic carbocycles. The molecule has 2 aromatic heterocycles. The second kappa shape index (κ2) is 4.97. The quantitative estimate of drug-likeness (QED) is 0.751. The Bertz CT molecular complexity index is 771. The second-order valence-electron chi connectivity index (χ2n) is 4.25. The van der Waals surface area contributed by atoms with Crippen LogP contribution >= 0.6 is 11.6 Å². The number of halogens is 1. The molecule has 0 saturated heterocycles. The monoisotopic (exact) mass is 289 g/mol. The van der Waals surface area contributed by atoms with E-state index in [0.29, 0.717) is 16.7 Å². The Morgan fingerprint density at radius 3 is 2.90 bits per heavy atom. The maximum absolute atomic E-state index is 5.97. The minimum Gasteiger partial charge on any atom is -0.496 e. The molecule has 0 unspecified atom stereocenters. The molecule has 0 bridgehead atoms. The molecule has 3 aromatic rings. The van der Waals surface area contributed by atoms with Gasteiger partial charge in [0.25, 0.3) is 5.78 Å². The van der Waals surface area contributed by atoms with Crippen LogP contribution < -0.4 is 10.1 Å². The van der Waals surface area contributed by atoms with Gasteiger partial charge in [-0.2, -0.15) is 19.6 Å². The summed E-state index contributed by atoms with van der Waals surface area (Å²) in [6.07, 6.45) is 1.43. The van der Waals surface area contributed by atoms with E-state index in [0.717, 1.165) is 17.0 Å². The molecule has 0 aliphatic heterocycles. The summed E-state index contributed by atoms with van der Waals surface area (Å²) in [6, 6.07) is 7.50. The van der Waals surface area contributed by atoms with Crippen LogP contribution in [0.2, 0.25) is 5.15 Å². The predicted octanol–water partition coefficient (Wildman–Crippen LogP) is 2.84. The first-order valence-corrected chi connectivity index (χ1v) is 6.33. The molecule has 6 nitrogen and oxygen atoms in total. The Morgan fingerprint density at radius 1 is 1.30 bits per heavy atom. The van der Waals surface area contributed by atoms with Gasteiger partial charge < -0.3 is 10.1 Å². The zero-order chi connectivity index (χ0) is 14.1. The summed E-state index contributed by atoms with van der Waals surface area (Å²) in [4.78, 5) is 8.10. The Balaban J connectivity index is 2.00. The summed E-state index contributed by atoms with van der Waals surface area (Å²) in [5.74, 6) is 1.99. The third-order valence-corrected chi connectivity index (χ3v) is 3.08. The van der Waals surface area contributed by atoms with Crippen LogP contribution in [-0.4, -0.2) is 26.7 Å². The number of benzene rings is 1. The van der Waals surface area contributed by atoms with Crippen molar-refractivity contribution in [1.82, 2.24) is 19.6 Å². The third kappa shape index (κ3) is 2.25. The van der Waals surface area contributed by atoms with Crippen molar-refractivity contribution in [3.05, 3.63) is 41.3 Å². The van der Waals surface area contributed by atoms with Gasteiger partial charge in [-0.25, -0.2) is 0 Å². The van der Waals surface area contributed by atoms with Gasteiger partial charge in [0, 0.05) is 11.8 Å². The second-order valence-corrected chi connectivity index (χ2v) is 4.63. The lowest BCUT2D eigenvalue weighted by atomic mass is 10.2. The Hall–Kier alpha value is -2.34. The molecule has 0 fully saturated rings. The van der Waals surface area contributed by atoms with Gasteiger partial charge in [-0.3, -0.25) is 0 Å². The summed E-state index contributed by atoms with van der Waals surface area (Å²) >= 11 is 5.97. The van der Waals surface area contributed by atoms with E-state index < -0.39 is 0 Å². The number of hydrogen-bond acceptors (Lipinski definition) is 5. The van der Waals surface area contributed by atoms with Gasteiger partial charge in [-0.1, -0.05) is 11.6 Å². The lowest BCUT2D eigenvalue weighted by Gasteiger charge is -2.10. The Morgan fingerprint density at radius 2 is 2.15 bits per heavy atom. The summed E-state index contributed by atoms with van der Waals surface area (Å²) in [6.45, 7) is 1.98. The molecule has 1 N–H and O–H groups in total. The zero-order valence-corrected chi connectivity index (χ0v) is 11.7. The number of rotatable bonds is 3. The number of aryl methyl sites for hydroxylation is 1. The van der Waals surface area contributed by atoms with Crippen LogP contribution in [0.4, 0.5) is 11.5 Å². The Kier molecular flexibility index (Phi) is 3.15.